The number of carboxylic acid groups (broad SMARTS) is 1. The number of carboxylic acids is 1. The SMILES string of the molecule is CS(=O)(=O)CCn1c(SCC(=O)O)nc2ccsc2c1=O. The first-order valence-corrected chi connectivity index (χ1v) is 9.71. The van der Waals surface area contributed by atoms with Gasteiger partial charge in [-0.15, -0.1) is 11.3 Å². The first-order valence-electron chi connectivity index (χ1n) is 5.78. The van der Waals surface area contributed by atoms with Gasteiger partial charge in [-0.05, 0) is 11.4 Å². The van der Waals surface area contributed by atoms with Crippen molar-refractivity contribution >= 4 is 49.1 Å². The minimum absolute atomic E-state index is 0.0412. The van der Waals surface area contributed by atoms with E-state index < -0.39 is 15.8 Å². The Labute approximate surface area is 128 Å². The summed E-state index contributed by atoms with van der Waals surface area (Å²) in [6.45, 7) is -0.0412. The van der Waals surface area contributed by atoms with Crippen molar-refractivity contribution in [3.8, 4) is 0 Å². The molecule has 114 valence electrons. The Morgan fingerprint density at radius 3 is 2.86 bits per heavy atom. The molecule has 0 radical (unpaired) electrons. The summed E-state index contributed by atoms with van der Waals surface area (Å²) in [5.41, 5.74) is 0.153. The van der Waals surface area contributed by atoms with E-state index in [-0.39, 0.29) is 28.8 Å². The van der Waals surface area contributed by atoms with Gasteiger partial charge in [0.2, 0.25) is 0 Å². The number of aromatic nitrogens is 2. The van der Waals surface area contributed by atoms with Crippen molar-refractivity contribution in [2.45, 2.75) is 11.7 Å². The maximum absolute atomic E-state index is 12.3. The van der Waals surface area contributed by atoms with Crippen LogP contribution in [0.2, 0.25) is 0 Å². The van der Waals surface area contributed by atoms with Gasteiger partial charge in [0, 0.05) is 12.8 Å². The van der Waals surface area contributed by atoms with E-state index in [0.29, 0.717) is 10.2 Å². The Balaban J connectivity index is 2.46. The molecule has 2 aromatic heterocycles. The van der Waals surface area contributed by atoms with E-state index in [1.807, 2.05) is 0 Å². The summed E-state index contributed by atoms with van der Waals surface area (Å²) >= 11 is 2.12. The van der Waals surface area contributed by atoms with Gasteiger partial charge >= 0.3 is 5.97 Å². The van der Waals surface area contributed by atoms with Crippen LogP contribution >= 0.6 is 23.1 Å². The topological polar surface area (TPSA) is 106 Å². The Morgan fingerprint density at radius 2 is 2.24 bits per heavy atom. The van der Waals surface area contributed by atoms with Gasteiger partial charge < -0.3 is 5.11 Å². The van der Waals surface area contributed by atoms with Crippen LogP contribution in [0.4, 0.5) is 0 Å². The zero-order valence-electron chi connectivity index (χ0n) is 11.0. The number of rotatable bonds is 6. The van der Waals surface area contributed by atoms with Crippen LogP contribution in [0, 0.1) is 0 Å². The van der Waals surface area contributed by atoms with Gasteiger partial charge in [0.15, 0.2) is 5.16 Å². The van der Waals surface area contributed by atoms with Gasteiger partial charge in [-0.3, -0.25) is 14.2 Å². The Bertz CT molecular complexity index is 837. The zero-order chi connectivity index (χ0) is 15.6. The Kier molecular flexibility index (Phi) is 4.69. The highest BCUT2D eigenvalue weighted by atomic mass is 32.2. The van der Waals surface area contributed by atoms with E-state index in [2.05, 4.69) is 4.98 Å². The summed E-state index contributed by atoms with van der Waals surface area (Å²) in [4.78, 5) is 27.3. The maximum Gasteiger partial charge on any atom is 0.313 e. The first kappa shape index (κ1) is 16.0. The Morgan fingerprint density at radius 1 is 1.52 bits per heavy atom. The second-order valence-corrected chi connectivity index (χ2v) is 8.42. The molecule has 0 bridgehead atoms. The monoisotopic (exact) mass is 348 g/mol. The Hall–Kier alpha value is -1.39. The lowest BCUT2D eigenvalue weighted by Crippen LogP contribution is -2.26. The molecule has 1 N–H and O–H groups in total. The minimum Gasteiger partial charge on any atom is -0.481 e. The highest BCUT2D eigenvalue weighted by Gasteiger charge is 2.15. The molecule has 2 rings (SSSR count). The van der Waals surface area contributed by atoms with Gasteiger partial charge in [0.05, 0.1) is 17.0 Å². The molecule has 2 heterocycles. The summed E-state index contributed by atoms with van der Waals surface area (Å²) in [7, 11) is -3.24. The van der Waals surface area contributed by atoms with Crippen LogP contribution in [-0.2, 0) is 21.2 Å². The van der Waals surface area contributed by atoms with Crippen molar-refractivity contribution in [2.24, 2.45) is 0 Å². The molecule has 0 atom stereocenters. The standard InChI is InChI=1S/C11H12N2O5S3/c1-21(17,18)5-3-13-10(16)9-7(2-4-19-9)12-11(13)20-6-8(14)15/h2,4H,3,5-6H2,1H3,(H,14,15). The molecule has 2 aromatic rings. The number of nitrogens with zero attached hydrogens (tertiary/aromatic N) is 2. The molecule has 0 aliphatic rings. The van der Waals surface area contributed by atoms with Crippen LogP contribution in [0.15, 0.2) is 21.4 Å². The quantitative estimate of drug-likeness (QED) is 0.604. The molecular formula is C11H12N2O5S3. The van der Waals surface area contributed by atoms with E-state index >= 15 is 0 Å². The molecule has 0 amide bonds. The van der Waals surface area contributed by atoms with Crippen LogP contribution < -0.4 is 5.56 Å². The molecule has 7 nitrogen and oxygen atoms in total. The fourth-order valence-electron chi connectivity index (χ4n) is 1.61. The molecule has 21 heavy (non-hydrogen) atoms. The van der Waals surface area contributed by atoms with E-state index in [1.165, 1.54) is 15.9 Å². The number of thiophene rings is 1. The second-order valence-electron chi connectivity index (χ2n) is 4.30. The summed E-state index contributed by atoms with van der Waals surface area (Å²) in [5.74, 6) is -1.48. The molecule has 0 saturated carbocycles. The number of sulfone groups is 1. The molecular weight excluding hydrogens is 336 g/mol. The van der Waals surface area contributed by atoms with Crippen molar-refractivity contribution in [3.05, 3.63) is 21.8 Å². The summed E-state index contributed by atoms with van der Waals surface area (Å²) in [6.07, 6.45) is 1.08. The van der Waals surface area contributed by atoms with Gasteiger partial charge in [0.1, 0.15) is 14.5 Å². The molecule has 0 aliphatic carbocycles. The highest BCUT2D eigenvalue weighted by molar-refractivity contribution is 7.99. The van der Waals surface area contributed by atoms with Crippen LogP contribution in [-0.4, -0.2) is 46.8 Å². The third-order valence-corrected chi connectivity index (χ3v) is 5.32. The van der Waals surface area contributed by atoms with Crippen LogP contribution in [0.5, 0.6) is 0 Å². The molecule has 0 saturated heterocycles. The molecule has 10 heteroatoms. The lowest BCUT2D eigenvalue weighted by Gasteiger charge is -2.10. The number of thioether (sulfide) groups is 1. The molecule has 0 spiro atoms. The van der Waals surface area contributed by atoms with Crippen LogP contribution in [0.3, 0.4) is 0 Å². The zero-order valence-corrected chi connectivity index (χ0v) is 13.4. The molecule has 0 fully saturated rings. The van der Waals surface area contributed by atoms with E-state index in [4.69, 9.17) is 5.11 Å². The summed E-state index contributed by atoms with van der Waals surface area (Å²) in [5, 5.41) is 10.7. The van der Waals surface area contributed by atoms with Crippen LogP contribution in [0.1, 0.15) is 0 Å². The van der Waals surface area contributed by atoms with Gasteiger partial charge in [-0.1, -0.05) is 11.8 Å². The lowest BCUT2D eigenvalue weighted by molar-refractivity contribution is -0.133. The van der Waals surface area contributed by atoms with Crippen LogP contribution in [0.25, 0.3) is 10.2 Å². The van der Waals surface area contributed by atoms with Crippen molar-refractivity contribution < 1.29 is 18.3 Å². The number of carbonyl (C=O) groups is 1. The van der Waals surface area contributed by atoms with Crippen molar-refractivity contribution in [3.63, 3.8) is 0 Å². The number of fused-ring (bicyclic) bond motifs is 1. The molecule has 0 aliphatic heterocycles. The summed E-state index contributed by atoms with van der Waals surface area (Å²) in [6, 6.07) is 1.67. The van der Waals surface area contributed by atoms with Crippen molar-refractivity contribution in [1.82, 2.24) is 9.55 Å². The number of hydrogen-bond donors (Lipinski definition) is 1. The fraction of sp³-hybridized carbons (Fsp3) is 0.364. The molecule has 0 aromatic carbocycles. The van der Waals surface area contributed by atoms with Gasteiger partial charge in [0.25, 0.3) is 5.56 Å². The molecule has 0 unspecified atom stereocenters. The maximum atomic E-state index is 12.3. The summed E-state index contributed by atoms with van der Waals surface area (Å²) < 4.78 is 24.2. The van der Waals surface area contributed by atoms with E-state index in [9.17, 15) is 18.0 Å². The van der Waals surface area contributed by atoms with Crippen molar-refractivity contribution in [1.29, 1.82) is 0 Å². The average Bonchev–Trinajstić information content (AvgIpc) is 2.82. The smallest absolute Gasteiger partial charge is 0.313 e. The number of hydrogen-bond acceptors (Lipinski definition) is 7. The third-order valence-electron chi connectivity index (χ3n) is 2.54. The van der Waals surface area contributed by atoms with E-state index in [0.717, 1.165) is 18.0 Å². The first-order chi connectivity index (χ1) is 9.78. The van der Waals surface area contributed by atoms with Gasteiger partial charge in [-0.25, -0.2) is 13.4 Å². The van der Waals surface area contributed by atoms with E-state index in [1.54, 1.807) is 11.4 Å². The minimum atomic E-state index is -3.24. The number of aliphatic carboxylic acids is 1. The fourth-order valence-corrected chi connectivity index (χ4v) is 3.65. The lowest BCUT2D eigenvalue weighted by atomic mass is 10.4. The normalized spacial score (nSPS) is 11.9. The predicted molar refractivity (Wildman–Crippen MR) is 82.0 cm³/mol. The highest BCUT2D eigenvalue weighted by Crippen LogP contribution is 2.20. The van der Waals surface area contributed by atoms with Gasteiger partial charge in [-0.2, -0.15) is 0 Å². The largest absolute Gasteiger partial charge is 0.481 e. The van der Waals surface area contributed by atoms with Crippen molar-refractivity contribution in [2.75, 3.05) is 17.8 Å². The second kappa shape index (κ2) is 6.16. The predicted octanol–water partition coefficient (Wildman–Crippen LogP) is 0.679. The third kappa shape index (κ3) is 4.05. The average molecular weight is 348 g/mol.